The maximum atomic E-state index is 5.55. The van der Waals surface area contributed by atoms with Gasteiger partial charge in [-0.05, 0) is 25.0 Å². The van der Waals surface area contributed by atoms with Crippen LogP contribution in [0.3, 0.4) is 0 Å². The molecule has 4 nitrogen and oxygen atoms in total. The van der Waals surface area contributed by atoms with Crippen molar-refractivity contribution in [3.05, 3.63) is 18.2 Å². The molecule has 90 valence electrons. The summed E-state index contributed by atoms with van der Waals surface area (Å²) in [4.78, 5) is 4.47. The van der Waals surface area contributed by atoms with Crippen molar-refractivity contribution in [2.45, 2.75) is 19.3 Å². The summed E-state index contributed by atoms with van der Waals surface area (Å²) in [5.41, 5.74) is 1.02. The van der Waals surface area contributed by atoms with Gasteiger partial charge in [-0.15, -0.1) is 0 Å². The van der Waals surface area contributed by atoms with E-state index in [0.717, 1.165) is 36.0 Å². The van der Waals surface area contributed by atoms with Crippen LogP contribution >= 0.6 is 0 Å². The Morgan fingerprint density at radius 2 is 1.94 bits per heavy atom. The predicted octanol–water partition coefficient (Wildman–Crippen LogP) is 2.45. The Bertz CT molecular complexity index is 443. The minimum atomic E-state index is 0.622. The van der Waals surface area contributed by atoms with Gasteiger partial charge in [0, 0.05) is 24.7 Å². The van der Waals surface area contributed by atoms with Crippen molar-refractivity contribution in [3.63, 3.8) is 0 Å². The number of rotatable bonds is 1. The Labute approximate surface area is 101 Å². The van der Waals surface area contributed by atoms with Crippen molar-refractivity contribution in [1.29, 1.82) is 0 Å². The molecule has 0 saturated carbocycles. The second kappa shape index (κ2) is 4.65. The molecule has 0 amide bonds. The molecule has 4 heteroatoms. The molecule has 0 unspecified atom stereocenters. The molecule has 0 fully saturated rings. The largest absolute Gasteiger partial charge is 0.486 e. The zero-order valence-electron chi connectivity index (χ0n) is 9.74. The molecule has 2 aliphatic heterocycles. The average molecular weight is 232 g/mol. The molecule has 0 aromatic heterocycles. The maximum absolute atomic E-state index is 5.55. The molecule has 2 heterocycles. The van der Waals surface area contributed by atoms with Gasteiger partial charge in [-0.1, -0.05) is 0 Å². The SMILES string of the molecule is c1cc2c(cc1NC1=NCCCC1)OCCO2. The van der Waals surface area contributed by atoms with Crippen LogP contribution in [0.5, 0.6) is 11.5 Å². The van der Waals surface area contributed by atoms with Gasteiger partial charge in [-0.25, -0.2) is 0 Å². The molecular formula is C13H16N2O2. The first kappa shape index (κ1) is 10.4. The normalized spacial score (nSPS) is 18.5. The minimum absolute atomic E-state index is 0.622. The monoisotopic (exact) mass is 232 g/mol. The van der Waals surface area contributed by atoms with Crippen molar-refractivity contribution in [2.24, 2.45) is 4.99 Å². The van der Waals surface area contributed by atoms with E-state index in [4.69, 9.17) is 9.47 Å². The van der Waals surface area contributed by atoms with E-state index in [1.165, 1.54) is 12.8 Å². The minimum Gasteiger partial charge on any atom is -0.486 e. The Morgan fingerprint density at radius 1 is 1.06 bits per heavy atom. The summed E-state index contributed by atoms with van der Waals surface area (Å²) in [5.74, 6) is 2.72. The molecule has 1 aromatic rings. The molecule has 0 radical (unpaired) electrons. The first-order chi connectivity index (χ1) is 8.42. The number of nitrogens with zero attached hydrogens (tertiary/aromatic N) is 1. The van der Waals surface area contributed by atoms with Crippen LogP contribution < -0.4 is 14.8 Å². The number of hydrogen-bond donors (Lipinski definition) is 1. The van der Waals surface area contributed by atoms with Gasteiger partial charge in [-0.3, -0.25) is 4.99 Å². The summed E-state index contributed by atoms with van der Waals surface area (Å²) >= 11 is 0. The number of anilines is 1. The fourth-order valence-electron chi connectivity index (χ4n) is 2.09. The van der Waals surface area contributed by atoms with Crippen molar-refractivity contribution in [3.8, 4) is 11.5 Å². The summed E-state index contributed by atoms with van der Waals surface area (Å²) in [6.07, 6.45) is 3.46. The number of fused-ring (bicyclic) bond motifs is 1. The van der Waals surface area contributed by atoms with E-state index >= 15 is 0 Å². The second-order valence-electron chi connectivity index (χ2n) is 4.27. The van der Waals surface area contributed by atoms with Crippen LogP contribution in [0, 0.1) is 0 Å². The fraction of sp³-hybridized carbons (Fsp3) is 0.462. The highest BCUT2D eigenvalue weighted by Gasteiger charge is 2.12. The summed E-state index contributed by atoms with van der Waals surface area (Å²) in [7, 11) is 0. The lowest BCUT2D eigenvalue weighted by molar-refractivity contribution is 0.171. The smallest absolute Gasteiger partial charge is 0.163 e. The van der Waals surface area contributed by atoms with Crippen LogP contribution in [0.4, 0.5) is 5.69 Å². The molecule has 0 saturated heterocycles. The van der Waals surface area contributed by atoms with Crippen LogP contribution in [0.15, 0.2) is 23.2 Å². The van der Waals surface area contributed by atoms with Gasteiger partial charge < -0.3 is 14.8 Å². The van der Waals surface area contributed by atoms with Crippen LogP contribution in [-0.4, -0.2) is 25.6 Å². The standard InChI is InChI=1S/C13H16N2O2/c1-2-6-14-13(3-1)15-10-4-5-11-12(9-10)17-8-7-16-11/h4-5,9H,1-3,6-8H2,(H,14,15). The van der Waals surface area contributed by atoms with Crippen molar-refractivity contribution >= 4 is 11.5 Å². The van der Waals surface area contributed by atoms with E-state index in [1.807, 2.05) is 18.2 Å². The third-order valence-corrected chi connectivity index (χ3v) is 2.96. The predicted molar refractivity (Wildman–Crippen MR) is 67.2 cm³/mol. The number of ether oxygens (including phenoxy) is 2. The van der Waals surface area contributed by atoms with Gasteiger partial charge in [0.1, 0.15) is 19.0 Å². The molecule has 17 heavy (non-hydrogen) atoms. The van der Waals surface area contributed by atoms with Crippen molar-refractivity contribution in [1.82, 2.24) is 0 Å². The molecule has 0 atom stereocenters. The van der Waals surface area contributed by atoms with Crippen LogP contribution in [-0.2, 0) is 0 Å². The number of hydrogen-bond acceptors (Lipinski definition) is 4. The zero-order chi connectivity index (χ0) is 11.5. The molecule has 1 N–H and O–H groups in total. The highest BCUT2D eigenvalue weighted by molar-refractivity contribution is 5.96. The number of amidine groups is 1. The Hall–Kier alpha value is -1.71. The number of benzene rings is 1. The van der Waals surface area contributed by atoms with E-state index in [1.54, 1.807) is 0 Å². The lowest BCUT2D eigenvalue weighted by atomic mass is 10.1. The van der Waals surface area contributed by atoms with Gasteiger partial charge in [0.05, 0.1) is 0 Å². The maximum Gasteiger partial charge on any atom is 0.163 e. The van der Waals surface area contributed by atoms with E-state index in [9.17, 15) is 0 Å². The van der Waals surface area contributed by atoms with Gasteiger partial charge >= 0.3 is 0 Å². The topological polar surface area (TPSA) is 42.9 Å². The average Bonchev–Trinajstić information content (AvgIpc) is 2.40. The van der Waals surface area contributed by atoms with E-state index in [2.05, 4.69) is 10.3 Å². The van der Waals surface area contributed by atoms with Crippen molar-refractivity contribution in [2.75, 3.05) is 25.1 Å². The highest BCUT2D eigenvalue weighted by Crippen LogP contribution is 2.32. The van der Waals surface area contributed by atoms with Gasteiger partial charge in [0.2, 0.25) is 0 Å². The first-order valence-electron chi connectivity index (χ1n) is 6.12. The molecule has 0 aliphatic carbocycles. The molecule has 2 aliphatic rings. The Morgan fingerprint density at radius 3 is 2.76 bits per heavy atom. The van der Waals surface area contributed by atoms with Gasteiger partial charge in [0.25, 0.3) is 0 Å². The van der Waals surface area contributed by atoms with Gasteiger partial charge in [-0.2, -0.15) is 0 Å². The quantitative estimate of drug-likeness (QED) is 0.808. The van der Waals surface area contributed by atoms with Crippen LogP contribution in [0.2, 0.25) is 0 Å². The van der Waals surface area contributed by atoms with E-state index in [-0.39, 0.29) is 0 Å². The van der Waals surface area contributed by atoms with Crippen molar-refractivity contribution < 1.29 is 9.47 Å². The van der Waals surface area contributed by atoms with Crippen LogP contribution in [0.25, 0.3) is 0 Å². The highest BCUT2D eigenvalue weighted by atomic mass is 16.6. The Kier molecular flexibility index (Phi) is 2.86. The van der Waals surface area contributed by atoms with E-state index < -0.39 is 0 Å². The molecule has 1 aromatic carbocycles. The Balaban J connectivity index is 1.77. The summed E-state index contributed by atoms with van der Waals surface area (Å²) in [6, 6.07) is 5.93. The number of nitrogens with one attached hydrogen (secondary N) is 1. The summed E-state index contributed by atoms with van der Waals surface area (Å²) in [6.45, 7) is 2.19. The van der Waals surface area contributed by atoms with E-state index in [0.29, 0.717) is 13.2 Å². The second-order valence-corrected chi connectivity index (χ2v) is 4.27. The molecule has 0 spiro atoms. The molecule has 3 rings (SSSR count). The zero-order valence-corrected chi connectivity index (χ0v) is 9.74. The van der Waals surface area contributed by atoms with Crippen LogP contribution in [0.1, 0.15) is 19.3 Å². The molecular weight excluding hydrogens is 216 g/mol. The summed E-state index contributed by atoms with van der Waals surface area (Å²) in [5, 5.41) is 3.35. The third-order valence-electron chi connectivity index (χ3n) is 2.96. The van der Waals surface area contributed by atoms with Gasteiger partial charge in [0.15, 0.2) is 11.5 Å². The third kappa shape index (κ3) is 2.35. The first-order valence-corrected chi connectivity index (χ1v) is 6.12. The summed E-state index contributed by atoms with van der Waals surface area (Å²) < 4.78 is 11.0. The number of aliphatic imine (C=N–C) groups is 1. The molecule has 0 bridgehead atoms. The fourth-order valence-corrected chi connectivity index (χ4v) is 2.09. The lowest BCUT2D eigenvalue weighted by Gasteiger charge is -2.20. The lowest BCUT2D eigenvalue weighted by Crippen LogP contribution is -2.18.